The molecule has 30 heavy (non-hydrogen) atoms. The Morgan fingerprint density at radius 3 is 2.50 bits per heavy atom. The number of carbonyl (C=O) groups is 1. The van der Waals surface area contributed by atoms with Crippen LogP contribution in [0.3, 0.4) is 0 Å². The summed E-state index contributed by atoms with van der Waals surface area (Å²) in [5.74, 6) is 1.76. The molecule has 0 atom stereocenters. The minimum absolute atomic E-state index is 0.0567. The van der Waals surface area contributed by atoms with Crippen molar-refractivity contribution in [1.82, 2.24) is 4.98 Å². The van der Waals surface area contributed by atoms with Crippen molar-refractivity contribution in [3.05, 3.63) is 71.8 Å². The van der Waals surface area contributed by atoms with E-state index in [-0.39, 0.29) is 12.5 Å². The van der Waals surface area contributed by atoms with Crippen molar-refractivity contribution in [3.8, 4) is 23.0 Å². The number of para-hydroxylation sites is 1. The van der Waals surface area contributed by atoms with Crippen LogP contribution in [-0.2, 0) is 4.79 Å². The van der Waals surface area contributed by atoms with Gasteiger partial charge in [0.15, 0.2) is 12.2 Å². The predicted molar refractivity (Wildman–Crippen MR) is 116 cm³/mol. The molecule has 0 aliphatic carbocycles. The molecule has 152 valence electrons. The molecule has 0 saturated carbocycles. The van der Waals surface area contributed by atoms with E-state index in [0.717, 1.165) is 28.0 Å². The zero-order chi connectivity index (χ0) is 21.1. The van der Waals surface area contributed by atoms with Gasteiger partial charge in [-0.1, -0.05) is 18.2 Å². The Hall–Kier alpha value is -3.80. The average Bonchev–Trinajstić information content (AvgIpc) is 3.19. The Bertz CT molecular complexity index is 1200. The number of aromatic nitrogens is 1. The van der Waals surface area contributed by atoms with Gasteiger partial charge in [-0.2, -0.15) is 0 Å². The van der Waals surface area contributed by atoms with E-state index in [2.05, 4.69) is 10.3 Å². The van der Waals surface area contributed by atoms with Crippen molar-refractivity contribution in [2.24, 2.45) is 0 Å². The van der Waals surface area contributed by atoms with Crippen LogP contribution in [-0.4, -0.2) is 24.6 Å². The van der Waals surface area contributed by atoms with Crippen LogP contribution < -0.4 is 14.8 Å². The van der Waals surface area contributed by atoms with Gasteiger partial charge >= 0.3 is 0 Å². The minimum Gasteiger partial charge on any atom is -0.496 e. The number of benzene rings is 3. The molecule has 0 saturated heterocycles. The maximum atomic E-state index is 12.2. The standard InChI is InChI=1S/C24H22N2O4/c1-15-6-4-5-7-19(15)29-14-22(27)25-18-10-8-17(9-11-18)24-26-23-16(2)20(28-3)12-13-21(23)30-24/h4-13H,14H2,1-3H3,(H,25,27). The Morgan fingerprint density at radius 1 is 1.00 bits per heavy atom. The molecule has 0 aliphatic rings. The predicted octanol–water partition coefficient (Wildman–Crippen LogP) is 5.14. The van der Waals surface area contributed by atoms with Gasteiger partial charge in [-0.15, -0.1) is 0 Å². The number of anilines is 1. The maximum absolute atomic E-state index is 12.2. The smallest absolute Gasteiger partial charge is 0.262 e. The first-order valence-corrected chi connectivity index (χ1v) is 9.58. The van der Waals surface area contributed by atoms with E-state index in [0.29, 0.717) is 22.9 Å². The highest BCUT2D eigenvalue weighted by Gasteiger charge is 2.13. The van der Waals surface area contributed by atoms with Gasteiger partial charge in [0, 0.05) is 16.8 Å². The number of methoxy groups -OCH3 is 1. The Morgan fingerprint density at radius 2 is 1.77 bits per heavy atom. The van der Waals surface area contributed by atoms with Crippen LogP contribution in [0.2, 0.25) is 0 Å². The molecule has 0 bridgehead atoms. The third-order valence-corrected chi connectivity index (χ3v) is 4.85. The second kappa shape index (κ2) is 8.29. The Labute approximate surface area is 174 Å². The normalized spacial score (nSPS) is 10.8. The molecular weight excluding hydrogens is 380 g/mol. The molecule has 0 radical (unpaired) electrons. The van der Waals surface area contributed by atoms with Crippen molar-refractivity contribution >= 4 is 22.7 Å². The molecule has 4 aromatic rings. The molecule has 6 nitrogen and oxygen atoms in total. The second-order valence-electron chi connectivity index (χ2n) is 6.94. The van der Waals surface area contributed by atoms with Gasteiger partial charge < -0.3 is 19.2 Å². The summed E-state index contributed by atoms with van der Waals surface area (Å²) in [6, 6.07) is 18.6. The van der Waals surface area contributed by atoms with Gasteiger partial charge in [0.05, 0.1) is 7.11 Å². The summed E-state index contributed by atoms with van der Waals surface area (Å²) in [4.78, 5) is 16.8. The molecule has 0 unspecified atom stereocenters. The number of fused-ring (bicyclic) bond motifs is 1. The van der Waals surface area contributed by atoms with E-state index in [1.807, 2.05) is 74.5 Å². The number of nitrogens with one attached hydrogen (secondary N) is 1. The summed E-state index contributed by atoms with van der Waals surface area (Å²) < 4.78 is 16.8. The molecule has 3 aromatic carbocycles. The summed E-state index contributed by atoms with van der Waals surface area (Å²) in [6.07, 6.45) is 0. The fourth-order valence-corrected chi connectivity index (χ4v) is 3.21. The van der Waals surface area contributed by atoms with Crippen molar-refractivity contribution in [2.75, 3.05) is 19.0 Å². The quantitative estimate of drug-likeness (QED) is 0.483. The highest BCUT2D eigenvalue weighted by molar-refractivity contribution is 5.92. The zero-order valence-corrected chi connectivity index (χ0v) is 17.1. The lowest BCUT2D eigenvalue weighted by Crippen LogP contribution is -2.20. The summed E-state index contributed by atoms with van der Waals surface area (Å²) in [7, 11) is 1.63. The zero-order valence-electron chi connectivity index (χ0n) is 17.1. The summed E-state index contributed by atoms with van der Waals surface area (Å²) in [5.41, 5.74) is 4.89. The molecule has 1 heterocycles. The third-order valence-electron chi connectivity index (χ3n) is 4.85. The van der Waals surface area contributed by atoms with E-state index in [1.165, 1.54) is 0 Å². The summed E-state index contributed by atoms with van der Waals surface area (Å²) in [6.45, 7) is 3.83. The number of hydrogen-bond acceptors (Lipinski definition) is 5. The first-order chi connectivity index (χ1) is 14.5. The Balaban J connectivity index is 1.44. The number of ether oxygens (including phenoxy) is 2. The molecule has 1 N–H and O–H groups in total. The number of aryl methyl sites for hydroxylation is 2. The minimum atomic E-state index is -0.226. The molecular formula is C24H22N2O4. The van der Waals surface area contributed by atoms with Crippen LogP contribution in [0.5, 0.6) is 11.5 Å². The Kier molecular flexibility index (Phi) is 5.39. The van der Waals surface area contributed by atoms with Crippen LogP contribution in [0.25, 0.3) is 22.6 Å². The van der Waals surface area contributed by atoms with E-state index in [1.54, 1.807) is 7.11 Å². The molecule has 0 aliphatic heterocycles. The second-order valence-corrected chi connectivity index (χ2v) is 6.94. The van der Waals surface area contributed by atoms with Crippen LogP contribution in [0, 0.1) is 13.8 Å². The van der Waals surface area contributed by atoms with Gasteiger partial charge in [-0.05, 0) is 61.9 Å². The van der Waals surface area contributed by atoms with Crippen LogP contribution >= 0.6 is 0 Å². The van der Waals surface area contributed by atoms with Gasteiger partial charge in [0.25, 0.3) is 5.91 Å². The van der Waals surface area contributed by atoms with Crippen molar-refractivity contribution < 1.29 is 18.7 Å². The number of nitrogens with zero attached hydrogens (tertiary/aromatic N) is 1. The van der Waals surface area contributed by atoms with Crippen LogP contribution in [0.1, 0.15) is 11.1 Å². The largest absolute Gasteiger partial charge is 0.496 e. The average molecular weight is 402 g/mol. The van der Waals surface area contributed by atoms with E-state index in [4.69, 9.17) is 13.9 Å². The lowest BCUT2D eigenvalue weighted by atomic mass is 10.2. The van der Waals surface area contributed by atoms with Crippen LogP contribution in [0.4, 0.5) is 5.69 Å². The summed E-state index contributed by atoms with van der Waals surface area (Å²) in [5, 5.41) is 2.83. The van der Waals surface area contributed by atoms with Crippen molar-refractivity contribution in [2.45, 2.75) is 13.8 Å². The SMILES string of the molecule is COc1ccc2oc(-c3ccc(NC(=O)COc4ccccc4C)cc3)nc2c1C. The molecule has 1 amide bonds. The van der Waals surface area contributed by atoms with E-state index < -0.39 is 0 Å². The lowest BCUT2D eigenvalue weighted by molar-refractivity contribution is -0.118. The van der Waals surface area contributed by atoms with E-state index in [9.17, 15) is 4.79 Å². The molecule has 6 heteroatoms. The van der Waals surface area contributed by atoms with Gasteiger partial charge in [0.1, 0.15) is 17.0 Å². The highest BCUT2D eigenvalue weighted by Crippen LogP contribution is 2.31. The number of oxazole rings is 1. The molecule has 4 rings (SSSR count). The summed E-state index contributed by atoms with van der Waals surface area (Å²) >= 11 is 0. The monoisotopic (exact) mass is 402 g/mol. The number of carbonyl (C=O) groups excluding carboxylic acids is 1. The first kappa shape index (κ1) is 19.5. The van der Waals surface area contributed by atoms with Gasteiger partial charge in [-0.3, -0.25) is 4.79 Å². The number of amides is 1. The third kappa shape index (κ3) is 3.98. The fraction of sp³-hybridized carbons (Fsp3) is 0.167. The molecule has 1 aromatic heterocycles. The van der Waals surface area contributed by atoms with Crippen LogP contribution in [0.15, 0.2) is 65.1 Å². The first-order valence-electron chi connectivity index (χ1n) is 9.58. The van der Waals surface area contributed by atoms with E-state index >= 15 is 0 Å². The molecule has 0 spiro atoms. The lowest BCUT2D eigenvalue weighted by Gasteiger charge is -2.09. The van der Waals surface area contributed by atoms with Crippen molar-refractivity contribution in [1.29, 1.82) is 0 Å². The molecule has 0 fully saturated rings. The topological polar surface area (TPSA) is 73.6 Å². The number of rotatable bonds is 6. The van der Waals surface area contributed by atoms with Gasteiger partial charge in [0.2, 0.25) is 5.89 Å². The fourth-order valence-electron chi connectivity index (χ4n) is 3.21. The van der Waals surface area contributed by atoms with Crippen molar-refractivity contribution in [3.63, 3.8) is 0 Å². The maximum Gasteiger partial charge on any atom is 0.262 e. The number of hydrogen-bond donors (Lipinski definition) is 1. The van der Waals surface area contributed by atoms with Gasteiger partial charge in [-0.25, -0.2) is 4.98 Å². The highest BCUT2D eigenvalue weighted by atomic mass is 16.5.